The van der Waals surface area contributed by atoms with E-state index in [9.17, 15) is 19.1 Å². The number of carboxylic acids is 1. The van der Waals surface area contributed by atoms with Crippen LogP contribution < -0.4 is 21.1 Å². The summed E-state index contributed by atoms with van der Waals surface area (Å²) < 4.78 is 31.9. The number of aromatic amines is 1. The van der Waals surface area contributed by atoms with E-state index in [1.54, 1.807) is 32.6 Å². The number of anilines is 2. The normalized spacial score (nSPS) is 18.8. The van der Waals surface area contributed by atoms with Crippen LogP contribution in [-0.4, -0.2) is 82.4 Å². The first-order valence-electron chi connectivity index (χ1n) is 13.6. The monoisotopic (exact) mass is 574 g/mol. The number of nitrogens with zero attached hydrogens (tertiary/aromatic N) is 5. The predicted octanol–water partition coefficient (Wildman–Crippen LogP) is 3.42. The summed E-state index contributed by atoms with van der Waals surface area (Å²) in [5, 5.41) is 13.2. The third-order valence-corrected chi connectivity index (χ3v) is 8.78. The second-order valence-corrected chi connectivity index (χ2v) is 11.0. The predicted molar refractivity (Wildman–Crippen MR) is 157 cm³/mol. The Morgan fingerprint density at radius 2 is 1.95 bits per heavy atom. The maximum Gasteiger partial charge on any atom is 0.341 e. The van der Waals surface area contributed by atoms with E-state index in [1.807, 2.05) is 0 Å². The number of piperidine rings is 1. The minimum Gasteiger partial charge on any atom is -0.477 e. The summed E-state index contributed by atoms with van der Waals surface area (Å²) in [5.74, 6) is -2.76. The zero-order valence-corrected chi connectivity index (χ0v) is 23.1. The number of pyridine rings is 3. The lowest BCUT2D eigenvalue weighted by atomic mass is 9.82. The zero-order valence-electron chi connectivity index (χ0n) is 23.1. The van der Waals surface area contributed by atoms with Crippen LogP contribution in [-0.2, 0) is 0 Å². The molecule has 1 aromatic carbocycles. The van der Waals surface area contributed by atoms with Crippen LogP contribution in [0.5, 0.6) is 0 Å². The van der Waals surface area contributed by atoms with Crippen molar-refractivity contribution in [1.82, 2.24) is 24.5 Å². The van der Waals surface area contributed by atoms with Crippen molar-refractivity contribution in [2.45, 2.75) is 12.5 Å². The van der Waals surface area contributed by atoms with Crippen LogP contribution in [0.15, 0.2) is 35.5 Å². The van der Waals surface area contributed by atoms with Crippen LogP contribution >= 0.6 is 0 Å². The molecule has 13 heteroatoms. The molecule has 2 aliphatic heterocycles. The summed E-state index contributed by atoms with van der Waals surface area (Å²) in [6, 6.07) is 3.01. The highest BCUT2D eigenvalue weighted by Crippen LogP contribution is 2.45. The van der Waals surface area contributed by atoms with E-state index in [-0.39, 0.29) is 16.4 Å². The average molecular weight is 575 g/mol. The maximum absolute atomic E-state index is 15.6. The molecule has 2 atom stereocenters. The summed E-state index contributed by atoms with van der Waals surface area (Å²) in [4.78, 5) is 41.8. The molecule has 11 nitrogen and oxygen atoms in total. The molecule has 4 aromatic heterocycles. The van der Waals surface area contributed by atoms with Crippen LogP contribution in [0.4, 0.5) is 20.2 Å². The Morgan fingerprint density at radius 1 is 1.14 bits per heavy atom. The third-order valence-electron chi connectivity index (χ3n) is 8.78. The molecule has 0 saturated carbocycles. The van der Waals surface area contributed by atoms with E-state index in [2.05, 4.69) is 42.5 Å². The first-order chi connectivity index (χ1) is 20.2. The molecular weight excluding hydrogens is 546 g/mol. The number of rotatable bonds is 5. The van der Waals surface area contributed by atoms with E-state index in [0.717, 1.165) is 19.0 Å². The lowest BCUT2D eigenvalue weighted by molar-refractivity contribution is 0.0281. The van der Waals surface area contributed by atoms with Crippen LogP contribution in [0.3, 0.4) is 0 Å². The van der Waals surface area contributed by atoms with Crippen LogP contribution in [0.25, 0.3) is 44.1 Å². The number of aromatic carboxylic acids is 1. The number of hydrogen-bond acceptors (Lipinski definition) is 8. The zero-order chi connectivity index (χ0) is 29.4. The van der Waals surface area contributed by atoms with E-state index in [1.165, 1.54) is 10.9 Å². The van der Waals surface area contributed by atoms with Crippen LogP contribution in [0.2, 0.25) is 0 Å². The molecule has 0 amide bonds. The number of aromatic nitrogens is 4. The van der Waals surface area contributed by atoms with Crippen molar-refractivity contribution in [3.05, 3.63) is 58.1 Å². The van der Waals surface area contributed by atoms with Gasteiger partial charge in [-0.3, -0.25) is 4.79 Å². The Hall–Kier alpha value is -4.78. The molecule has 7 rings (SSSR count). The van der Waals surface area contributed by atoms with Gasteiger partial charge in [-0.25, -0.2) is 28.2 Å². The number of halogens is 2. The molecule has 0 aliphatic carbocycles. The topological polar surface area (TPSA) is 131 Å². The lowest BCUT2D eigenvalue weighted by Gasteiger charge is -2.52. The second kappa shape index (κ2) is 9.38. The molecule has 5 aromatic rings. The number of carboxylic acid groups (broad SMARTS) is 1. The Labute approximate surface area is 237 Å². The van der Waals surface area contributed by atoms with Crippen molar-refractivity contribution in [1.29, 1.82) is 0 Å². The molecular formula is C29H28F2N8O3. The van der Waals surface area contributed by atoms with Crippen LogP contribution in [0.1, 0.15) is 16.8 Å². The Kier molecular flexibility index (Phi) is 5.84. The Morgan fingerprint density at radius 3 is 2.67 bits per heavy atom. The van der Waals surface area contributed by atoms with Gasteiger partial charge in [0.1, 0.15) is 11.2 Å². The number of likely N-dealkylation sites (tertiary alicyclic amines) is 1. The number of fused-ring (bicyclic) bond motifs is 5. The largest absolute Gasteiger partial charge is 0.477 e. The van der Waals surface area contributed by atoms with Crippen molar-refractivity contribution in [3.63, 3.8) is 0 Å². The SMILES string of the molecule is CNc1cc(F)c(F)c2c1[nH]c1ncc(-c3cnc4c(c3)c(=O)c(C(=O)O)cn4NC)c(N3CCC4CN(C)C4C3)c12. The third kappa shape index (κ3) is 3.66. The molecule has 0 bridgehead atoms. The number of benzene rings is 1. The van der Waals surface area contributed by atoms with E-state index in [0.29, 0.717) is 64.1 Å². The molecule has 2 aliphatic rings. The fourth-order valence-electron chi connectivity index (χ4n) is 6.62. The molecule has 2 unspecified atom stereocenters. The van der Waals surface area contributed by atoms with Gasteiger partial charge in [-0.1, -0.05) is 0 Å². The van der Waals surface area contributed by atoms with Gasteiger partial charge in [0.05, 0.1) is 33.1 Å². The van der Waals surface area contributed by atoms with Gasteiger partial charge in [-0.05, 0) is 25.5 Å². The number of hydrogen-bond donors (Lipinski definition) is 4. The standard InChI is InChI=1S/C29H28F2N8O3/c1-32-19-7-18(30)23(31)21-22-25(38-5-4-13-10-37(3)20(13)12-38)16(9-34-27(22)36-24(19)21)14-6-15-26(40)17(29(41)42)11-39(33-2)28(15)35-8-14/h6-9,11,13,20,32-33H,4-5,10,12H2,1-3H3,(H,34,36)(H,41,42). The first-order valence-corrected chi connectivity index (χ1v) is 13.6. The van der Waals surface area contributed by atoms with Crippen LogP contribution in [0, 0.1) is 17.6 Å². The number of carbonyl (C=O) groups is 1. The van der Waals surface area contributed by atoms with Crippen molar-refractivity contribution in [2.24, 2.45) is 5.92 Å². The van der Waals surface area contributed by atoms with Gasteiger partial charge in [-0.15, -0.1) is 0 Å². The van der Waals surface area contributed by atoms with E-state index >= 15 is 4.39 Å². The molecule has 4 N–H and O–H groups in total. The fraction of sp³-hybridized carbons (Fsp3) is 0.310. The van der Waals surface area contributed by atoms with Gasteiger partial charge in [-0.2, -0.15) is 0 Å². The summed E-state index contributed by atoms with van der Waals surface area (Å²) >= 11 is 0. The summed E-state index contributed by atoms with van der Waals surface area (Å²) in [6.07, 6.45) is 5.34. The van der Waals surface area contributed by atoms with Gasteiger partial charge in [0, 0.05) is 75.6 Å². The molecule has 0 spiro atoms. The summed E-state index contributed by atoms with van der Waals surface area (Å²) in [5.41, 5.74) is 4.92. The molecule has 0 radical (unpaired) electrons. The van der Waals surface area contributed by atoms with Crippen molar-refractivity contribution < 1.29 is 18.7 Å². The Bertz CT molecular complexity index is 2010. The van der Waals surface area contributed by atoms with Gasteiger partial charge >= 0.3 is 5.97 Å². The lowest BCUT2D eigenvalue weighted by Crippen LogP contribution is -2.62. The van der Waals surface area contributed by atoms with Gasteiger partial charge in [0.2, 0.25) is 5.43 Å². The van der Waals surface area contributed by atoms with Gasteiger partial charge in [0.15, 0.2) is 17.3 Å². The second-order valence-electron chi connectivity index (χ2n) is 11.0. The first kappa shape index (κ1) is 26.1. The Balaban J connectivity index is 1.54. The van der Waals surface area contributed by atoms with E-state index in [4.69, 9.17) is 0 Å². The molecule has 42 heavy (non-hydrogen) atoms. The van der Waals surface area contributed by atoms with Crippen molar-refractivity contribution in [3.8, 4) is 11.1 Å². The fourth-order valence-corrected chi connectivity index (χ4v) is 6.62. The summed E-state index contributed by atoms with van der Waals surface area (Å²) in [6.45, 7) is 2.39. The maximum atomic E-state index is 15.6. The number of likely N-dealkylation sites (N-methyl/N-ethyl adjacent to an activating group) is 1. The molecule has 6 heterocycles. The number of H-pyrrole nitrogens is 1. The van der Waals surface area contributed by atoms with E-state index < -0.39 is 28.6 Å². The van der Waals surface area contributed by atoms with Gasteiger partial charge in [0.25, 0.3) is 0 Å². The van der Waals surface area contributed by atoms with Crippen molar-refractivity contribution >= 4 is 50.3 Å². The quantitative estimate of drug-likeness (QED) is 0.249. The molecule has 2 saturated heterocycles. The highest BCUT2D eigenvalue weighted by Gasteiger charge is 2.41. The highest BCUT2D eigenvalue weighted by atomic mass is 19.2. The average Bonchev–Trinajstić information content (AvgIpc) is 3.38. The van der Waals surface area contributed by atoms with Crippen molar-refractivity contribution in [2.75, 3.05) is 56.4 Å². The number of nitrogens with one attached hydrogen (secondary N) is 3. The summed E-state index contributed by atoms with van der Waals surface area (Å²) in [7, 11) is 5.30. The molecule has 216 valence electrons. The highest BCUT2D eigenvalue weighted by molar-refractivity contribution is 6.18. The smallest absolute Gasteiger partial charge is 0.341 e. The molecule has 2 fully saturated rings. The van der Waals surface area contributed by atoms with Gasteiger partial charge < -0.3 is 30.6 Å². The minimum absolute atomic E-state index is 0.0854. The minimum atomic E-state index is -1.36.